The van der Waals surface area contributed by atoms with Crippen molar-refractivity contribution in [2.45, 2.75) is 26.1 Å². The number of rotatable bonds is 6. The van der Waals surface area contributed by atoms with Crippen molar-refractivity contribution in [1.29, 1.82) is 0 Å². The molecule has 4 rings (SSSR count). The average molecular weight is 353 g/mol. The molecule has 0 aliphatic carbocycles. The minimum absolute atomic E-state index is 0.288. The molecule has 3 heteroatoms. The van der Waals surface area contributed by atoms with E-state index in [1.165, 1.54) is 27.5 Å². The van der Waals surface area contributed by atoms with Crippen LogP contribution < -0.4 is 0 Å². The first-order valence-electron chi connectivity index (χ1n) is 9.30. The molecule has 2 heterocycles. The number of benzene rings is 2. The van der Waals surface area contributed by atoms with Gasteiger partial charge in [-0.3, -0.25) is 14.9 Å². The molecule has 27 heavy (non-hydrogen) atoms. The van der Waals surface area contributed by atoms with E-state index in [2.05, 4.69) is 88.5 Å². The van der Waals surface area contributed by atoms with Crippen molar-refractivity contribution in [2.24, 2.45) is 0 Å². The first-order chi connectivity index (χ1) is 13.3. The zero-order valence-electron chi connectivity index (χ0n) is 15.5. The topological polar surface area (TPSA) is 29.0 Å². The van der Waals surface area contributed by atoms with E-state index in [0.717, 1.165) is 13.1 Å². The minimum atomic E-state index is 0.288. The molecule has 1 atom stereocenters. The second kappa shape index (κ2) is 8.11. The highest BCUT2D eigenvalue weighted by Gasteiger charge is 2.17. The van der Waals surface area contributed by atoms with Crippen LogP contribution in [0.4, 0.5) is 0 Å². The van der Waals surface area contributed by atoms with E-state index < -0.39 is 0 Å². The van der Waals surface area contributed by atoms with Gasteiger partial charge in [-0.15, -0.1) is 0 Å². The van der Waals surface area contributed by atoms with Gasteiger partial charge in [0, 0.05) is 43.9 Å². The average Bonchev–Trinajstić information content (AvgIpc) is 2.74. The maximum absolute atomic E-state index is 4.15. The van der Waals surface area contributed by atoms with Crippen LogP contribution in [-0.4, -0.2) is 14.9 Å². The van der Waals surface area contributed by atoms with E-state index in [-0.39, 0.29) is 6.04 Å². The largest absolute Gasteiger partial charge is 0.288 e. The Hall–Kier alpha value is -3.04. The molecule has 0 radical (unpaired) electrons. The summed E-state index contributed by atoms with van der Waals surface area (Å²) < 4.78 is 0. The Morgan fingerprint density at radius 1 is 0.704 bits per heavy atom. The summed E-state index contributed by atoms with van der Waals surface area (Å²) in [5, 5.41) is 2.57. The third-order valence-electron chi connectivity index (χ3n) is 5.07. The van der Waals surface area contributed by atoms with Gasteiger partial charge in [-0.25, -0.2) is 0 Å². The molecule has 4 aromatic rings. The van der Waals surface area contributed by atoms with Gasteiger partial charge in [-0.05, 0) is 64.7 Å². The predicted molar refractivity (Wildman–Crippen MR) is 110 cm³/mol. The first-order valence-corrected chi connectivity index (χ1v) is 9.30. The lowest BCUT2D eigenvalue weighted by molar-refractivity contribution is 0.192. The van der Waals surface area contributed by atoms with Crippen molar-refractivity contribution in [2.75, 3.05) is 0 Å². The van der Waals surface area contributed by atoms with Crippen molar-refractivity contribution in [1.82, 2.24) is 14.9 Å². The Morgan fingerprint density at radius 2 is 1.26 bits per heavy atom. The summed E-state index contributed by atoms with van der Waals surface area (Å²) in [4.78, 5) is 10.8. The molecule has 3 nitrogen and oxygen atoms in total. The van der Waals surface area contributed by atoms with Crippen molar-refractivity contribution < 1.29 is 0 Å². The monoisotopic (exact) mass is 353 g/mol. The second-order valence-electron chi connectivity index (χ2n) is 6.90. The van der Waals surface area contributed by atoms with Crippen molar-refractivity contribution >= 4 is 10.8 Å². The van der Waals surface area contributed by atoms with Crippen LogP contribution in [0.3, 0.4) is 0 Å². The van der Waals surface area contributed by atoms with Crippen LogP contribution >= 0.6 is 0 Å². The summed E-state index contributed by atoms with van der Waals surface area (Å²) in [5.74, 6) is 0. The molecule has 0 bridgehead atoms. The van der Waals surface area contributed by atoms with Gasteiger partial charge in [0.15, 0.2) is 0 Å². The summed E-state index contributed by atoms with van der Waals surface area (Å²) in [6.07, 6.45) is 7.45. The third kappa shape index (κ3) is 4.21. The molecule has 0 saturated carbocycles. The highest BCUT2D eigenvalue weighted by atomic mass is 15.1. The summed E-state index contributed by atoms with van der Waals surface area (Å²) in [6.45, 7) is 4.03. The highest BCUT2D eigenvalue weighted by Crippen LogP contribution is 2.27. The van der Waals surface area contributed by atoms with Crippen molar-refractivity contribution in [3.05, 3.63) is 108 Å². The number of hydrogen-bond donors (Lipinski definition) is 0. The zero-order valence-corrected chi connectivity index (χ0v) is 15.5. The fourth-order valence-electron chi connectivity index (χ4n) is 3.45. The quantitative estimate of drug-likeness (QED) is 0.465. The van der Waals surface area contributed by atoms with Gasteiger partial charge in [-0.2, -0.15) is 0 Å². The molecular weight excluding hydrogens is 330 g/mol. The number of pyridine rings is 2. The van der Waals surface area contributed by atoms with Crippen LogP contribution in [-0.2, 0) is 13.1 Å². The number of hydrogen-bond acceptors (Lipinski definition) is 3. The normalized spacial score (nSPS) is 12.4. The van der Waals surface area contributed by atoms with Crippen molar-refractivity contribution in [3.8, 4) is 0 Å². The van der Waals surface area contributed by atoms with Gasteiger partial charge < -0.3 is 0 Å². The molecule has 0 saturated heterocycles. The van der Waals surface area contributed by atoms with Gasteiger partial charge in [0.05, 0.1) is 0 Å². The Balaban J connectivity index is 1.64. The smallest absolute Gasteiger partial charge is 0.0327 e. The highest BCUT2D eigenvalue weighted by molar-refractivity contribution is 5.83. The molecule has 0 unspecified atom stereocenters. The third-order valence-corrected chi connectivity index (χ3v) is 5.07. The Labute approximate surface area is 160 Å². The van der Waals surface area contributed by atoms with Gasteiger partial charge in [0.25, 0.3) is 0 Å². The van der Waals surface area contributed by atoms with Gasteiger partial charge >= 0.3 is 0 Å². The van der Waals surface area contributed by atoms with E-state index in [0.29, 0.717) is 0 Å². The molecule has 0 amide bonds. The Kier molecular flexibility index (Phi) is 5.22. The van der Waals surface area contributed by atoms with Crippen LogP contribution in [0.15, 0.2) is 91.5 Å². The van der Waals surface area contributed by atoms with Gasteiger partial charge in [0.1, 0.15) is 0 Å². The molecule has 0 spiro atoms. The number of nitrogens with zero attached hydrogens (tertiary/aromatic N) is 3. The first kappa shape index (κ1) is 17.4. The number of aromatic nitrogens is 2. The van der Waals surface area contributed by atoms with Crippen LogP contribution in [0.2, 0.25) is 0 Å². The van der Waals surface area contributed by atoms with E-state index in [4.69, 9.17) is 0 Å². The Morgan fingerprint density at radius 3 is 1.85 bits per heavy atom. The number of fused-ring (bicyclic) bond motifs is 1. The molecular formula is C24H23N3. The van der Waals surface area contributed by atoms with Crippen LogP contribution in [0, 0.1) is 0 Å². The van der Waals surface area contributed by atoms with Crippen LogP contribution in [0.5, 0.6) is 0 Å². The molecule has 0 aliphatic rings. The minimum Gasteiger partial charge on any atom is -0.288 e. The van der Waals surface area contributed by atoms with E-state index >= 15 is 0 Å². The zero-order chi connectivity index (χ0) is 18.5. The lowest BCUT2D eigenvalue weighted by atomic mass is 10.0. The maximum atomic E-state index is 4.15. The van der Waals surface area contributed by atoms with E-state index in [1.807, 2.05) is 24.8 Å². The molecule has 2 aromatic heterocycles. The fraction of sp³-hybridized carbons (Fsp3) is 0.167. The lowest BCUT2D eigenvalue weighted by Crippen LogP contribution is -2.26. The molecule has 0 aliphatic heterocycles. The fourth-order valence-corrected chi connectivity index (χ4v) is 3.45. The lowest BCUT2D eigenvalue weighted by Gasteiger charge is -2.30. The van der Waals surface area contributed by atoms with Gasteiger partial charge in [0.2, 0.25) is 0 Å². The summed E-state index contributed by atoms with van der Waals surface area (Å²) >= 11 is 0. The second-order valence-corrected chi connectivity index (χ2v) is 6.90. The van der Waals surface area contributed by atoms with E-state index in [1.54, 1.807) is 0 Å². The van der Waals surface area contributed by atoms with Gasteiger partial charge in [-0.1, -0.05) is 36.4 Å². The SMILES string of the molecule is C[C@H](c1ccc2ccccc2c1)N(Cc1ccncc1)Cc1ccncc1. The molecule has 134 valence electrons. The summed E-state index contributed by atoms with van der Waals surface area (Å²) in [6, 6.07) is 24.0. The summed E-state index contributed by atoms with van der Waals surface area (Å²) in [7, 11) is 0. The molecule has 0 N–H and O–H groups in total. The Bertz CT molecular complexity index is 958. The summed E-state index contributed by atoms with van der Waals surface area (Å²) in [5.41, 5.74) is 3.87. The van der Waals surface area contributed by atoms with Crippen LogP contribution in [0.25, 0.3) is 10.8 Å². The van der Waals surface area contributed by atoms with Crippen molar-refractivity contribution in [3.63, 3.8) is 0 Å². The molecule has 2 aromatic carbocycles. The van der Waals surface area contributed by atoms with Crippen LogP contribution in [0.1, 0.15) is 29.7 Å². The standard InChI is InChI=1S/C24H23N3/c1-19(23-7-6-22-4-2-3-5-24(22)16-23)27(17-20-8-12-25-13-9-20)18-21-10-14-26-15-11-21/h2-16,19H,17-18H2,1H3/t19-/m1/s1. The molecule has 0 fully saturated rings. The van der Waals surface area contributed by atoms with E-state index in [9.17, 15) is 0 Å². The predicted octanol–water partition coefficient (Wildman–Crippen LogP) is 5.39. The maximum Gasteiger partial charge on any atom is 0.0327 e.